The summed E-state index contributed by atoms with van der Waals surface area (Å²) in [6.07, 6.45) is 0.678. The van der Waals surface area contributed by atoms with E-state index in [1.54, 1.807) is 12.1 Å². The van der Waals surface area contributed by atoms with Crippen LogP contribution in [0.25, 0.3) is 33.2 Å². The Morgan fingerprint density at radius 1 is 0.811 bits per heavy atom. The highest BCUT2D eigenvalue weighted by Gasteiger charge is 2.21. The SMILES string of the molecule is C[C@H](NS(=O)(=O)c1ccc(-c2ccc(-c3c(Cc4ccccc4)oc4ccccc34)cc2)cc1)C(=O)O. The molecule has 0 aliphatic heterocycles. The molecule has 1 heterocycles. The van der Waals surface area contributed by atoms with Crippen molar-refractivity contribution in [3.05, 3.63) is 114 Å². The molecule has 6 nitrogen and oxygen atoms in total. The van der Waals surface area contributed by atoms with Crippen LogP contribution in [-0.2, 0) is 21.2 Å². The maximum atomic E-state index is 12.5. The standard InChI is InChI=1S/C30H25NO5S/c1-20(30(32)33)31-37(34,35)25-17-15-23(16-18-25)22-11-13-24(14-12-22)29-26-9-5-6-10-27(26)36-28(29)19-21-7-3-2-4-8-21/h2-18,20,31H,19H2,1H3,(H,32,33)/t20-/m0/s1. The highest BCUT2D eigenvalue weighted by atomic mass is 32.2. The Kier molecular flexibility index (Phi) is 6.65. The number of para-hydroxylation sites is 1. The van der Waals surface area contributed by atoms with Gasteiger partial charge >= 0.3 is 5.97 Å². The van der Waals surface area contributed by atoms with Gasteiger partial charge in [-0.2, -0.15) is 4.72 Å². The summed E-state index contributed by atoms with van der Waals surface area (Å²) in [7, 11) is -3.93. The first-order valence-corrected chi connectivity index (χ1v) is 13.3. The number of benzene rings is 4. The molecule has 7 heteroatoms. The Bertz CT molecular complexity index is 1660. The van der Waals surface area contributed by atoms with Crippen LogP contribution in [0.3, 0.4) is 0 Å². The maximum absolute atomic E-state index is 12.5. The Hall–Kier alpha value is -4.20. The van der Waals surface area contributed by atoms with E-state index in [1.165, 1.54) is 24.6 Å². The number of carboxylic acids is 1. The number of nitrogens with one attached hydrogen (secondary N) is 1. The van der Waals surface area contributed by atoms with Crippen LogP contribution >= 0.6 is 0 Å². The largest absolute Gasteiger partial charge is 0.480 e. The number of carboxylic acid groups (broad SMARTS) is 1. The summed E-state index contributed by atoms with van der Waals surface area (Å²) in [5.74, 6) is -0.338. The van der Waals surface area contributed by atoms with Crippen molar-refractivity contribution < 1.29 is 22.7 Å². The summed E-state index contributed by atoms with van der Waals surface area (Å²) in [6.45, 7) is 1.28. The van der Waals surface area contributed by atoms with Crippen molar-refractivity contribution in [2.75, 3.05) is 0 Å². The highest BCUT2D eigenvalue weighted by molar-refractivity contribution is 7.89. The summed E-state index contributed by atoms with van der Waals surface area (Å²) in [6, 6.07) is 31.4. The van der Waals surface area contributed by atoms with Gasteiger partial charge in [0.1, 0.15) is 17.4 Å². The van der Waals surface area contributed by atoms with Gasteiger partial charge < -0.3 is 9.52 Å². The number of carbonyl (C=O) groups is 1. The third kappa shape index (κ3) is 5.18. The van der Waals surface area contributed by atoms with Crippen LogP contribution < -0.4 is 4.72 Å². The molecule has 0 saturated heterocycles. The lowest BCUT2D eigenvalue weighted by Gasteiger charge is -2.11. The van der Waals surface area contributed by atoms with E-state index in [0.29, 0.717) is 6.42 Å². The van der Waals surface area contributed by atoms with Gasteiger partial charge in [-0.3, -0.25) is 4.79 Å². The second kappa shape index (κ2) is 10.0. The molecule has 5 aromatic rings. The van der Waals surface area contributed by atoms with E-state index in [4.69, 9.17) is 9.52 Å². The number of sulfonamides is 1. The molecule has 4 aromatic carbocycles. The van der Waals surface area contributed by atoms with Crippen LogP contribution in [0.5, 0.6) is 0 Å². The van der Waals surface area contributed by atoms with Gasteiger partial charge in [0.15, 0.2) is 0 Å². The van der Waals surface area contributed by atoms with E-state index >= 15 is 0 Å². The molecule has 0 amide bonds. The zero-order valence-corrected chi connectivity index (χ0v) is 20.9. The number of hydrogen-bond donors (Lipinski definition) is 2. The van der Waals surface area contributed by atoms with Gasteiger partial charge in [-0.1, -0.05) is 84.9 Å². The molecule has 186 valence electrons. The minimum Gasteiger partial charge on any atom is -0.480 e. The van der Waals surface area contributed by atoms with Crippen LogP contribution in [0.15, 0.2) is 112 Å². The molecule has 1 atom stereocenters. The second-order valence-electron chi connectivity index (χ2n) is 8.84. The fourth-order valence-electron chi connectivity index (χ4n) is 4.33. The molecular weight excluding hydrogens is 486 g/mol. The molecule has 0 saturated carbocycles. The molecule has 37 heavy (non-hydrogen) atoms. The van der Waals surface area contributed by atoms with Gasteiger partial charge in [-0.05, 0) is 47.4 Å². The fraction of sp³-hybridized carbons (Fsp3) is 0.100. The highest BCUT2D eigenvalue weighted by Crippen LogP contribution is 2.37. The van der Waals surface area contributed by atoms with Crippen molar-refractivity contribution >= 4 is 27.0 Å². The third-order valence-corrected chi connectivity index (χ3v) is 7.81. The molecule has 0 radical (unpaired) electrons. The van der Waals surface area contributed by atoms with Crippen LogP contribution in [0.1, 0.15) is 18.2 Å². The average molecular weight is 512 g/mol. The van der Waals surface area contributed by atoms with Crippen LogP contribution in [0.2, 0.25) is 0 Å². The van der Waals surface area contributed by atoms with Gasteiger partial charge in [0.05, 0.1) is 4.90 Å². The zero-order chi connectivity index (χ0) is 26.0. The molecule has 2 N–H and O–H groups in total. The summed E-state index contributed by atoms with van der Waals surface area (Å²) < 4.78 is 33.3. The first-order valence-electron chi connectivity index (χ1n) is 11.8. The molecule has 1 aromatic heterocycles. The number of fused-ring (bicyclic) bond motifs is 1. The summed E-state index contributed by atoms with van der Waals surface area (Å²) >= 11 is 0. The van der Waals surface area contributed by atoms with Crippen LogP contribution in [-0.4, -0.2) is 25.5 Å². The Morgan fingerprint density at radius 2 is 1.38 bits per heavy atom. The molecule has 0 aliphatic carbocycles. The van der Waals surface area contributed by atoms with E-state index in [-0.39, 0.29) is 4.90 Å². The van der Waals surface area contributed by atoms with Gasteiger partial charge in [0.2, 0.25) is 10.0 Å². The minimum atomic E-state index is -3.93. The van der Waals surface area contributed by atoms with Crippen molar-refractivity contribution in [2.24, 2.45) is 0 Å². The lowest BCUT2D eigenvalue weighted by molar-refractivity contribution is -0.138. The first-order chi connectivity index (χ1) is 17.8. The second-order valence-corrected chi connectivity index (χ2v) is 10.6. The van der Waals surface area contributed by atoms with E-state index in [0.717, 1.165) is 39.0 Å². The van der Waals surface area contributed by atoms with Gasteiger partial charge in [-0.15, -0.1) is 0 Å². The van der Waals surface area contributed by atoms with Crippen LogP contribution in [0, 0.1) is 0 Å². The van der Waals surface area contributed by atoms with E-state index in [1.807, 2.05) is 60.7 Å². The third-order valence-electron chi connectivity index (χ3n) is 6.25. The summed E-state index contributed by atoms with van der Waals surface area (Å²) in [5.41, 5.74) is 5.88. The first kappa shape index (κ1) is 24.5. The Balaban J connectivity index is 1.44. The van der Waals surface area contributed by atoms with Crippen LogP contribution in [0.4, 0.5) is 0 Å². The van der Waals surface area contributed by atoms with E-state index in [9.17, 15) is 13.2 Å². The molecular formula is C30H25NO5S. The normalized spacial score (nSPS) is 12.5. The van der Waals surface area contributed by atoms with E-state index < -0.39 is 22.0 Å². The quantitative estimate of drug-likeness (QED) is 0.262. The van der Waals surface area contributed by atoms with Crippen molar-refractivity contribution in [2.45, 2.75) is 24.3 Å². The van der Waals surface area contributed by atoms with Gasteiger partial charge in [0, 0.05) is 17.4 Å². The summed E-state index contributed by atoms with van der Waals surface area (Å²) in [5, 5.41) is 10.0. The number of hydrogen-bond acceptors (Lipinski definition) is 4. The fourth-order valence-corrected chi connectivity index (χ4v) is 5.52. The Morgan fingerprint density at radius 3 is 2.03 bits per heavy atom. The molecule has 0 aliphatic rings. The zero-order valence-electron chi connectivity index (χ0n) is 20.1. The molecule has 0 fully saturated rings. The van der Waals surface area contributed by atoms with Crippen molar-refractivity contribution in [3.8, 4) is 22.3 Å². The van der Waals surface area contributed by atoms with E-state index in [2.05, 4.69) is 22.9 Å². The number of rotatable bonds is 8. The lowest BCUT2D eigenvalue weighted by Crippen LogP contribution is -2.38. The molecule has 0 unspecified atom stereocenters. The predicted octanol–water partition coefficient (Wildman–Crippen LogP) is 6.11. The van der Waals surface area contributed by atoms with Gasteiger partial charge in [-0.25, -0.2) is 8.42 Å². The van der Waals surface area contributed by atoms with Crippen molar-refractivity contribution in [3.63, 3.8) is 0 Å². The predicted molar refractivity (Wildman–Crippen MR) is 144 cm³/mol. The molecule has 0 spiro atoms. The monoisotopic (exact) mass is 511 g/mol. The van der Waals surface area contributed by atoms with Crippen molar-refractivity contribution in [1.29, 1.82) is 0 Å². The average Bonchev–Trinajstić information content (AvgIpc) is 3.27. The minimum absolute atomic E-state index is 0.0105. The smallest absolute Gasteiger partial charge is 0.321 e. The lowest BCUT2D eigenvalue weighted by atomic mass is 9.96. The Labute approximate surface area is 215 Å². The molecule has 5 rings (SSSR count). The topological polar surface area (TPSA) is 96.6 Å². The molecule has 0 bridgehead atoms. The van der Waals surface area contributed by atoms with Gasteiger partial charge in [0.25, 0.3) is 0 Å². The maximum Gasteiger partial charge on any atom is 0.321 e. The van der Waals surface area contributed by atoms with Crippen molar-refractivity contribution in [1.82, 2.24) is 4.72 Å². The summed E-state index contributed by atoms with van der Waals surface area (Å²) in [4.78, 5) is 11.0. The number of furan rings is 1. The number of aliphatic carboxylic acids is 1.